The summed E-state index contributed by atoms with van der Waals surface area (Å²) in [6.07, 6.45) is 5.38. The summed E-state index contributed by atoms with van der Waals surface area (Å²) in [6.45, 7) is 0.799. The van der Waals surface area contributed by atoms with E-state index in [9.17, 15) is 8.42 Å². The molecule has 1 aliphatic carbocycles. The van der Waals surface area contributed by atoms with Crippen molar-refractivity contribution < 1.29 is 13.2 Å². The van der Waals surface area contributed by atoms with Gasteiger partial charge in [0.15, 0.2) is 0 Å². The fourth-order valence-electron chi connectivity index (χ4n) is 5.44. The second-order valence-corrected chi connectivity index (χ2v) is 11.6. The van der Waals surface area contributed by atoms with Crippen molar-refractivity contribution >= 4 is 15.7 Å². The molecule has 3 atom stereocenters. The van der Waals surface area contributed by atoms with E-state index in [1.165, 1.54) is 5.56 Å². The summed E-state index contributed by atoms with van der Waals surface area (Å²) >= 11 is 0. The molecule has 4 aromatic carbocycles. The van der Waals surface area contributed by atoms with Crippen molar-refractivity contribution in [2.75, 3.05) is 5.32 Å². The van der Waals surface area contributed by atoms with Crippen molar-refractivity contribution in [2.24, 2.45) is 5.92 Å². The van der Waals surface area contributed by atoms with E-state index in [0.717, 1.165) is 34.5 Å². The number of anilines is 1. The topological polar surface area (TPSA) is 67.4 Å². The number of sulfonamides is 1. The Balaban J connectivity index is 1.19. The molecule has 2 N–H and O–H groups in total. The van der Waals surface area contributed by atoms with Crippen LogP contribution in [0.5, 0.6) is 5.75 Å². The maximum Gasteiger partial charge on any atom is 0.240 e. The summed E-state index contributed by atoms with van der Waals surface area (Å²) in [5, 5.41) is 3.70. The van der Waals surface area contributed by atoms with Gasteiger partial charge >= 0.3 is 0 Å². The predicted octanol–water partition coefficient (Wildman–Crippen LogP) is 6.57. The average molecular weight is 523 g/mol. The smallest absolute Gasteiger partial charge is 0.240 e. The molecule has 1 heterocycles. The Morgan fingerprint density at radius 2 is 1.55 bits per heavy atom. The van der Waals surface area contributed by atoms with E-state index in [1.807, 2.05) is 72.8 Å². The standard InChI is InChI=1S/C32H30N2O3S/c35-38(36,33-21-23-8-3-1-4-9-23)27-18-19-31-30(20-27)28-12-7-13-29(28)32(34-31)25-14-16-26(17-15-25)37-22-24-10-5-2-6-11-24/h1-12,14-20,28-29,32-34H,13,21-22H2. The summed E-state index contributed by atoms with van der Waals surface area (Å²) in [5.41, 5.74) is 5.27. The fourth-order valence-corrected chi connectivity index (χ4v) is 6.49. The average Bonchev–Trinajstić information content (AvgIpc) is 3.46. The number of ether oxygens (including phenoxy) is 1. The van der Waals surface area contributed by atoms with Gasteiger partial charge in [-0.2, -0.15) is 0 Å². The maximum absolute atomic E-state index is 13.1. The van der Waals surface area contributed by atoms with Crippen LogP contribution in [0.2, 0.25) is 0 Å². The fraction of sp³-hybridized carbons (Fsp3) is 0.188. The first-order valence-corrected chi connectivity index (χ1v) is 14.4. The van der Waals surface area contributed by atoms with Gasteiger partial charge < -0.3 is 10.1 Å². The molecule has 2 aliphatic rings. The zero-order valence-corrected chi connectivity index (χ0v) is 21.8. The number of hydrogen-bond donors (Lipinski definition) is 2. The first kappa shape index (κ1) is 24.5. The Labute approximate surface area is 224 Å². The maximum atomic E-state index is 13.1. The van der Waals surface area contributed by atoms with E-state index >= 15 is 0 Å². The van der Waals surface area contributed by atoms with Crippen LogP contribution in [0.4, 0.5) is 5.69 Å². The molecule has 192 valence electrons. The minimum Gasteiger partial charge on any atom is -0.489 e. The summed E-state index contributed by atoms with van der Waals surface area (Å²) < 4.78 is 34.9. The van der Waals surface area contributed by atoms with Crippen LogP contribution in [0, 0.1) is 5.92 Å². The second kappa shape index (κ2) is 10.5. The van der Waals surface area contributed by atoms with Crippen molar-refractivity contribution in [3.05, 3.63) is 138 Å². The molecule has 3 unspecified atom stereocenters. The molecule has 1 aliphatic heterocycles. The molecule has 0 radical (unpaired) electrons. The Morgan fingerprint density at radius 3 is 2.29 bits per heavy atom. The van der Waals surface area contributed by atoms with Crippen LogP contribution in [0.15, 0.2) is 120 Å². The van der Waals surface area contributed by atoms with Gasteiger partial charge in [0.1, 0.15) is 12.4 Å². The second-order valence-electron chi connectivity index (χ2n) is 9.88. The first-order chi connectivity index (χ1) is 18.6. The molecular formula is C32H30N2O3S. The van der Waals surface area contributed by atoms with Gasteiger partial charge in [-0.1, -0.05) is 84.9 Å². The van der Waals surface area contributed by atoms with Crippen molar-refractivity contribution in [3.8, 4) is 5.75 Å². The van der Waals surface area contributed by atoms with Gasteiger partial charge in [-0.3, -0.25) is 0 Å². The van der Waals surface area contributed by atoms with Gasteiger partial charge in [0, 0.05) is 18.2 Å². The van der Waals surface area contributed by atoms with Crippen molar-refractivity contribution in [1.29, 1.82) is 0 Å². The van der Waals surface area contributed by atoms with Crippen LogP contribution in [0.25, 0.3) is 0 Å². The molecular weight excluding hydrogens is 492 g/mol. The van der Waals surface area contributed by atoms with Gasteiger partial charge in [0.25, 0.3) is 0 Å². The van der Waals surface area contributed by atoms with Crippen molar-refractivity contribution in [3.63, 3.8) is 0 Å². The normalized spacial score (nSPS) is 19.8. The lowest BCUT2D eigenvalue weighted by molar-refractivity contribution is 0.306. The van der Waals surface area contributed by atoms with E-state index in [0.29, 0.717) is 17.4 Å². The third-order valence-electron chi connectivity index (χ3n) is 7.44. The predicted molar refractivity (Wildman–Crippen MR) is 150 cm³/mol. The molecule has 0 saturated carbocycles. The molecule has 6 heteroatoms. The number of nitrogens with one attached hydrogen (secondary N) is 2. The molecule has 4 aromatic rings. The first-order valence-electron chi connectivity index (χ1n) is 12.9. The molecule has 38 heavy (non-hydrogen) atoms. The number of fused-ring (bicyclic) bond motifs is 3. The Morgan fingerprint density at radius 1 is 0.842 bits per heavy atom. The van der Waals surface area contributed by atoms with Gasteiger partial charge in [-0.05, 0) is 64.9 Å². The van der Waals surface area contributed by atoms with E-state index in [2.05, 4.69) is 46.5 Å². The summed E-state index contributed by atoms with van der Waals surface area (Å²) in [7, 11) is -3.63. The van der Waals surface area contributed by atoms with Crippen LogP contribution in [-0.4, -0.2) is 8.42 Å². The number of allylic oxidation sites excluding steroid dienone is 2. The molecule has 0 amide bonds. The van der Waals surface area contributed by atoms with E-state index in [4.69, 9.17) is 4.74 Å². The monoisotopic (exact) mass is 522 g/mol. The summed E-state index contributed by atoms with van der Waals surface area (Å²) in [4.78, 5) is 0.298. The largest absolute Gasteiger partial charge is 0.489 e. The zero-order valence-electron chi connectivity index (χ0n) is 21.0. The van der Waals surface area contributed by atoms with Gasteiger partial charge in [-0.15, -0.1) is 0 Å². The summed E-state index contributed by atoms with van der Waals surface area (Å²) in [6, 6.07) is 33.6. The van der Waals surface area contributed by atoms with Gasteiger partial charge in [0.2, 0.25) is 10.0 Å². The molecule has 0 bridgehead atoms. The van der Waals surface area contributed by atoms with Crippen molar-refractivity contribution in [1.82, 2.24) is 4.72 Å². The molecule has 5 nitrogen and oxygen atoms in total. The highest BCUT2D eigenvalue weighted by Crippen LogP contribution is 2.50. The van der Waals surface area contributed by atoms with Crippen LogP contribution in [0.1, 0.15) is 40.6 Å². The molecule has 0 spiro atoms. The minimum absolute atomic E-state index is 0.129. The third kappa shape index (κ3) is 5.10. The SMILES string of the molecule is O=S(=O)(NCc1ccccc1)c1ccc2c(c1)C1C=CCC1C(c1ccc(OCc3ccccc3)cc1)N2. The molecule has 0 aromatic heterocycles. The van der Waals surface area contributed by atoms with Crippen LogP contribution in [0.3, 0.4) is 0 Å². The molecule has 0 saturated heterocycles. The Bertz CT molecular complexity index is 1540. The lowest BCUT2D eigenvalue weighted by Crippen LogP contribution is -2.30. The lowest BCUT2D eigenvalue weighted by Gasteiger charge is -2.37. The molecule has 6 rings (SSSR count). The number of hydrogen-bond acceptors (Lipinski definition) is 4. The zero-order chi connectivity index (χ0) is 26.0. The third-order valence-corrected chi connectivity index (χ3v) is 8.84. The van der Waals surface area contributed by atoms with Gasteiger partial charge in [0.05, 0.1) is 10.9 Å². The number of benzene rings is 4. The van der Waals surface area contributed by atoms with E-state index < -0.39 is 10.0 Å². The van der Waals surface area contributed by atoms with Crippen LogP contribution in [-0.2, 0) is 23.2 Å². The van der Waals surface area contributed by atoms with E-state index in [1.54, 1.807) is 6.07 Å². The minimum atomic E-state index is -3.63. The quantitative estimate of drug-likeness (QED) is 0.257. The number of rotatable bonds is 8. The highest BCUT2D eigenvalue weighted by atomic mass is 32.2. The molecule has 0 fully saturated rings. The highest BCUT2D eigenvalue weighted by Gasteiger charge is 2.38. The Hall–Kier alpha value is -3.87. The van der Waals surface area contributed by atoms with E-state index in [-0.39, 0.29) is 18.5 Å². The van der Waals surface area contributed by atoms with Gasteiger partial charge in [-0.25, -0.2) is 13.1 Å². The highest BCUT2D eigenvalue weighted by molar-refractivity contribution is 7.89. The van der Waals surface area contributed by atoms with Crippen LogP contribution < -0.4 is 14.8 Å². The Kier molecular flexibility index (Phi) is 6.75. The lowest BCUT2D eigenvalue weighted by atomic mass is 9.77. The van der Waals surface area contributed by atoms with Crippen LogP contribution >= 0.6 is 0 Å². The summed E-state index contributed by atoms with van der Waals surface area (Å²) in [5.74, 6) is 1.32. The van der Waals surface area contributed by atoms with Crippen molar-refractivity contribution in [2.45, 2.75) is 36.4 Å².